The molecule has 0 N–H and O–H groups in total. The molecular formula is C18H22FN5O3S. The summed E-state index contributed by atoms with van der Waals surface area (Å²) in [6.45, 7) is 2.08. The van der Waals surface area contributed by atoms with Gasteiger partial charge in [0.05, 0.1) is 24.5 Å². The van der Waals surface area contributed by atoms with Gasteiger partial charge in [-0.05, 0) is 18.2 Å². The van der Waals surface area contributed by atoms with Gasteiger partial charge in [0.1, 0.15) is 36.1 Å². The summed E-state index contributed by atoms with van der Waals surface area (Å²) in [6.07, 6.45) is 3.67. The molecule has 4 rings (SSSR count). The number of aromatic nitrogens is 3. The van der Waals surface area contributed by atoms with Crippen molar-refractivity contribution < 1.29 is 18.5 Å². The van der Waals surface area contributed by atoms with E-state index in [1.807, 2.05) is 4.90 Å². The summed E-state index contributed by atoms with van der Waals surface area (Å²) < 4.78 is 33.4. The Kier molecular flexibility index (Phi) is 5.67. The highest BCUT2D eigenvalue weighted by molar-refractivity contribution is 7.91. The number of hydrogen-bond donors (Lipinski definition) is 0. The third-order valence-corrected chi connectivity index (χ3v) is 6.40. The van der Waals surface area contributed by atoms with E-state index in [1.54, 1.807) is 23.1 Å². The summed E-state index contributed by atoms with van der Waals surface area (Å²) in [5.74, 6) is 0.943. The number of rotatable bonds is 4. The van der Waals surface area contributed by atoms with E-state index in [-0.39, 0.29) is 11.9 Å². The van der Waals surface area contributed by atoms with Crippen molar-refractivity contribution in [3.05, 3.63) is 36.7 Å². The third-order valence-electron chi connectivity index (χ3n) is 4.92. The molecule has 0 bridgehead atoms. The highest BCUT2D eigenvalue weighted by atomic mass is 32.2. The minimum atomic E-state index is -0.759. The van der Waals surface area contributed by atoms with Crippen LogP contribution >= 0.6 is 0 Å². The number of amides is 1. The van der Waals surface area contributed by atoms with Crippen LogP contribution in [0.1, 0.15) is 12.8 Å². The fourth-order valence-electron chi connectivity index (χ4n) is 3.57. The lowest BCUT2D eigenvalue weighted by Gasteiger charge is -2.28. The fraction of sp³-hybridized carbons (Fsp3) is 0.500. The van der Waals surface area contributed by atoms with Crippen molar-refractivity contribution in [1.29, 1.82) is 0 Å². The zero-order valence-electron chi connectivity index (χ0n) is 15.4. The molecule has 1 unspecified atom stereocenters. The lowest BCUT2D eigenvalue weighted by molar-refractivity contribution is 0.129. The SMILES string of the molecule is O=C1OC(Cn2cncn2)CN1c1ccc(N2CCC[S+]([O-])CCC2)c(F)c1. The predicted octanol–water partition coefficient (Wildman–Crippen LogP) is 1.79. The average Bonchev–Trinajstić information content (AvgIpc) is 3.28. The van der Waals surface area contributed by atoms with Crippen LogP contribution in [0.15, 0.2) is 30.9 Å². The van der Waals surface area contributed by atoms with Gasteiger partial charge >= 0.3 is 6.09 Å². The Morgan fingerprint density at radius 1 is 1.29 bits per heavy atom. The summed E-state index contributed by atoms with van der Waals surface area (Å²) in [6, 6.07) is 4.83. The van der Waals surface area contributed by atoms with E-state index in [4.69, 9.17) is 4.74 Å². The molecule has 1 aromatic carbocycles. The zero-order chi connectivity index (χ0) is 19.5. The summed E-state index contributed by atoms with van der Waals surface area (Å²) >= 11 is -0.759. The highest BCUT2D eigenvalue weighted by Crippen LogP contribution is 2.29. The van der Waals surface area contributed by atoms with Gasteiger partial charge in [-0.3, -0.25) is 4.90 Å². The number of halogens is 1. The second kappa shape index (κ2) is 8.36. The first-order valence-electron chi connectivity index (χ1n) is 9.30. The third kappa shape index (κ3) is 4.22. The van der Waals surface area contributed by atoms with Crippen LogP contribution < -0.4 is 9.80 Å². The molecule has 1 amide bonds. The minimum Gasteiger partial charge on any atom is -0.616 e. The number of nitrogens with zero attached hydrogens (tertiary/aromatic N) is 5. The number of anilines is 2. The lowest BCUT2D eigenvalue weighted by Crippen LogP contribution is -2.32. The van der Waals surface area contributed by atoms with E-state index < -0.39 is 17.3 Å². The van der Waals surface area contributed by atoms with Crippen LogP contribution in [-0.2, 0) is 22.5 Å². The quantitative estimate of drug-likeness (QED) is 0.719. The van der Waals surface area contributed by atoms with Gasteiger partial charge in [0.15, 0.2) is 0 Å². The Morgan fingerprint density at radius 3 is 2.75 bits per heavy atom. The standard InChI is InChI=1S/C18H22FN5O3S/c19-16-9-14(3-4-17(16)22-5-1-7-28(26)8-2-6-22)24-11-15(27-18(24)25)10-23-13-20-12-21-23/h3-4,9,12-13,15H,1-2,5-8,10-11H2. The molecule has 0 aliphatic carbocycles. The van der Waals surface area contributed by atoms with Crippen LogP contribution in [0, 0.1) is 5.82 Å². The van der Waals surface area contributed by atoms with Gasteiger partial charge in [0.2, 0.25) is 0 Å². The molecule has 150 valence electrons. The van der Waals surface area contributed by atoms with Crippen LogP contribution in [0.5, 0.6) is 0 Å². The molecule has 1 aromatic heterocycles. The zero-order valence-corrected chi connectivity index (χ0v) is 16.2. The summed E-state index contributed by atoms with van der Waals surface area (Å²) in [5.41, 5.74) is 0.989. The van der Waals surface area contributed by atoms with Gasteiger partial charge < -0.3 is 14.2 Å². The molecule has 0 spiro atoms. The van der Waals surface area contributed by atoms with Crippen LogP contribution in [0.3, 0.4) is 0 Å². The second-order valence-corrected chi connectivity index (χ2v) is 8.61. The van der Waals surface area contributed by atoms with E-state index in [0.29, 0.717) is 49.1 Å². The monoisotopic (exact) mass is 407 g/mol. The van der Waals surface area contributed by atoms with E-state index in [0.717, 1.165) is 12.8 Å². The van der Waals surface area contributed by atoms with E-state index >= 15 is 0 Å². The minimum absolute atomic E-state index is 0.326. The number of benzene rings is 1. The molecule has 3 heterocycles. The summed E-state index contributed by atoms with van der Waals surface area (Å²) in [7, 11) is 0. The molecule has 1 atom stereocenters. The first-order chi connectivity index (χ1) is 13.6. The Labute approximate surface area is 165 Å². The van der Waals surface area contributed by atoms with Gasteiger partial charge in [-0.2, -0.15) is 5.10 Å². The summed E-state index contributed by atoms with van der Waals surface area (Å²) in [5, 5.41) is 4.01. The Balaban J connectivity index is 1.44. The van der Waals surface area contributed by atoms with Gasteiger partial charge in [-0.15, -0.1) is 0 Å². The molecular weight excluding hydrogens is 385 g/mol. The van der Waals surface area contributed by atoms with Gasteiger partial charge in [-0.25, -0.2) is 18.9 Å². The Bertz CT molecular complexity index is 812. The molecule has 8 nitrogen and oxygen atoms in total. The number of cyclic esters (lactones) is 1. The van der Waals surface area contributed by atoms with Gasteiger partial charge in [0.25, 0.3) is 0 Å². The van der Waals surface area contributed by atoms with Crippen molar-refractivity contribution in [2.24, 2.45) is 0 Å². The largest absolute Gasteiger partial charge is 0.616 e. The first-order valence-corrected chi connectivity index (χ1v) is 10.8. The van der Waals surface area contributed by atoms with Gasteiger partial charge in [-0.1, -0.05) is 11.2 Å². The Morgan fingerprint density at radius 2 is 2.07 bits per heavy atom. The number of ether oxygens (including phenoxy) is 1. The maximum Gasteiger partial charge on any atom is 0.414 e. The van der Waals surface area contributed by atoms with E-state index in [1.165, 1.54) is 17.3 Å². The second-order valence-electron chi connectivity index (χ2n) is 6.91. The van der Waals surface area contributed by atoms with E-state index in [9.17, 15) is 13.7 Å². The molecule has 0 saturated carbocycles. The number of hydrogen-bond acceptors (Lipinski definition) is 6. The average molecular weight is 407 g/mol. The van der Waals surface area contributed by atoms with Crippen LogP contribution in [0.4, 0.5) is 20.6 Å². The van der Waals surface area contributed by atoms with Gasteiger partial charge in [0, 0.05) is 25.9 Å². The molecule has 10 heteroatoms. The van der Waals surface area contributed by atoms with Crippen molar-refractivity contribution in [2.75, 3.05) is 40.9 Å². The first kappa shape index (κ1) is 19.0. The maximum absolute atomic E-state index is 14.8. The number of carbonyl (C=O) groups excluding carboxylic acids is 1. The predicted molar refractivity (Wildman–Crippen MR) is 103 cm³/mol. The van der Waals surface area contributed by atoms with Crippen molar-refractivity contribution in [2.45, 2.75) is 25.5 Å². The molecule has 28 heavy (non-hydrogen) atoms. The summed E-state index contributed by atoms with van der Waals surface area (Å²) in [4.78, 5) is 19.5. The lowest BCUT2D eigenvalue weighted by atomic mass is 10.2. The van der Waals surface area contributed by atoms with E-state index in [2.05, 4.69) is 10.1 Å². The molecule has 2 aliphatic heterocycles. The smallest absolute Gasteiger partial charge is 0.414 e. The molecule has 2 aliphatic rings. The highest BCUT2D eigenvalue weighted by Gasteiger charge is 2.33. The van der Waals surface area contributed by atoms with Crippen molar-refractivity contribution >= 4 is 28.6 Å². The topological polar surface area (TPSA) is 86.6 Å². The molecule has 2 fully saturated rings. The van der Waals surface area contributed by atoms with Crippen molar-refractivity contribution in [3.8, 4) is 0 Å². The van der Waals surface area contributed by atoms with Crippen LogP contribution in [0.25, 0.3) is 0 Å². The molecule has 2 aromatic rings. The maximum atomic E-state index is 14.8. The fourth-order valence-corrected chi connectivity index (χ4v) is 4.68. The molecule has 0 radical (unpaired) electrons. The van der Waals surface area contributed by atoms with Crippen molar-refractivity contribution in [1.82, 2.24) is 14.8 Å². The number of carbonyl (C=O) groups is 1. The molecule has 2 saturated heterocycles. The van der Waals surface area contributed by atoms with Crippen LogP contribution in [-0.4, -0.2) is 62.7 Å². The Hall–Kier alpha value is -2.33. The van der Waals surface area contributed by atoms with Crippen molar-refractivity contribution in [3.63, 3.8) is 0 Å². The van der Waals surface area contributed by atoms with Crippen LogP contribution in [0.2, 0.25) is 0 Å². The normalized spacial score (nSPS) is 21.5.